The fourth-order valence-electron chi connectivity index (χ4n) is 13.4. The maximum absolute atomic E-state index is 15.3. The smallest absolute Gasteiger partial charge is 0.327 e. The van der Waals surface area contributed by atoms with Crippen LogP contribution in [0.4, 0.5) is 0 Å². The van der Waals surface area contributed by atoms with E-state index in [0.717, 1.165) is 68.9 Å². The number of hydroxylamine groups is 2. The zero-order valence-electron chi connectivity index (χ0n) is 44.8. The van der Waals surface area contributed by atoms with Crippen LogP contribution in [-0.2, 0) is 56.0 Å². The SMILES string of the molecule is CCCCCC1(CCCCC)O[C@@H]2[C@H]3ON(Cc4cccc(C=C5CCC6O[C@]6(C)CC[C@@H]6[C@@H]5CC6(C)C)c4)[C@H]4C(=O)OC(CC34C(=O)NCc3cccc(C(=O)N[C@H](CO)CCC(=O)OC(C)(C)C)c3)[C@@H]2O1. The Morgan fingerprint density at radius 2 is 1.64 bits per heavy atom. The van der Waals surface area contributed by atoms with Gasteiger partial charge in [-0.25, -0.2) is 0 Å². The van der Waals surface area contributed by atoms with Crippen LogP contribution in [0.15, 0.2) is 54.1 Å². The van der Waals surface area contributed by atoms with Gasteiger partial charge in [0.25, 0.3) is 5.91 Å². The molecule has 2 aromatic carbocycles. The van der Waals surface area contributed by atoms with Gasteiger partial charge in [0.2, 0.25) is 5.91 Å². The van der Waals surface area contributed by atoms with Gasteiger partial charge in [-0.3, -0.25) is 24.0 Å². The van der Waals surface area contributed by atoms with Crippen LogP contribution in [0.2, 0.25) is 0 Å². The predicted molar refractivity (Wildman–Crippen MR) is 275 cm³/mol. The van der Waals surface area contributed by atoms with Gasteiger partial charge in [-0.1, -0.05) is 101 Å². The Balaban J connectivity index is 0.966. The molecule has 0 aromatic heterocycles. The molecule has 14 heteroatoms. The molecule has 9 rings (SSSR count). The number of aliphatic hydroxyl groups excluding tert-OH is 1. The molecule has 4 saturated heterocycles. The second kappa shape index (κ2) is 21.4. The summed E-state index contributed by atoms with van der Waals surface area (Å²) in [7, 11) is 0. The lowest BCUT2D eigenvalue weighted by atomic mass is 9.52. The van der Waals surface area contributed by atoms with Gasteiger partial charge >= 0.3 is 11.9 Å². The predicted octanol–water partition coefficient (Wildman–Crippen LogP) is 9.43. The molecule has 11 atom stereocenters. The third-order valence-electron chi connectivity index (χ3n) is 17.3. The number of allylic oxidation sites excluding steroid dienone is 1. The molecule has 4 heterocycles. The van der Waals surface area contributed by atoms with Crippen LogP contribution in [0.1, 0.15) is 185 Å². The largest absolute Gasteiger partial charge is 0.460 e. The third kappa shape index (κ3) is 11.4. The lowest BCUT2D eigenvalue weighted by Crippen LogP contribution is -2.69. The van der Waals surface area contributed by atoms with Crippen LogP contribution in [0.5, 0.6) is 0 Å². The monoisotopic (exact) mass is 1010 g/mol. The normalized spacial score (nSPS) is 32.6. The Bertz CT molecular complexity index is 2370. The van der Waals surface area contributed by atoms with Crippen molar-refractivity contribution in [3.63, 3.8) is 0 Å². The van der Waals surface area contributed by atoms with E-state index in [9.17, 15) is 19.5 Å². The van der Waals surface area contributed by atoms with Crippen LogP contribution in [0.25, 0.3) is 6.08 Å². The fourth-order valence-corrected chi connectivity index (χ4v) is 13.4. The van der Waals surface area contributed by atoms with Crippen LogP contribution in [0, 0.1) is 22.7 Å². The number of nitrogens with one attached hydrogen (secondary N) is 2. The number of benzene rings is 2. The number of carbonyl (C=O) groups excluding carboxylic acids is 4. The molecule has 3 unspecified atom stereocenters. The van der Waals surface area contributed by atoms with E-state index in [1.807, 2.05) is 6.07 Å². The van der Waals surface area contributed by atoms with Gasteiger partial charge in [0.15, 0.2) is 11.8 Å². The number of hydrogen-bond donors (Lipinski definition) is 3. The van der Waals surface area contributed by atoms with Gasteiger partial charge in [-0.15, -0.1) is 0 Å². The zero-order chi connectivity index (χ0) is 51.9. The summed E-state index contributed by atoms with van der Waals surface area (Å²) < 4.78 is 32.2. The van der Waals surface area contributed by atoms with E-state index in [0.29, 0.717) is 47.3 Å². The number of hydrogen-bond acceptors (Lipinski definition) is 12. The van der Waals surface area contributed by atoms with Gasteiger partial charge in [-0.2, -0.15) is 5.06 Å². The first-order chi connectivity index (χ1) is 34.8. The summed E-state index contributed by atoms with van der Waals surface area (Å²) in [4.78, 5) is 62.9. The highest BCUT2D eigenvalue weighted by molar-refractivity contribution is 5.95. The Morgan fingerprint density at radius 1 is 0.918 bits per heavy atom. The average molecular weight is 1010 g/mol. The molecule has 73 heavy (non-hydrogen) atoms. The molecule has 0 radical (unpaired) electrons. The van der Waals surface area contributed by atoms with Crippen molar-refractivity contribution in [3.8, 4) is 0 Å². The average Bonchev–Trinajstić information content (AvgIpc) is 3.61. The maximum atomic E-state index is 15.3. The molecule has 0 spiro atoms. The van der Waals surface area contributed by atoms with E-state index >= 15 is 4.79 Å². The van der Waals surface area contributed by atoms with Crippen molar-refractivity contribution in [3.05, 3.63) is 76.4 Å². The van der Waals surface area contributed by atoms with Gasteiger partial charge in [0, 0.05) is 37.8 Å². The lowest BCUT2D eigenvalue weighted by Gasteiger charge is -2.53. The summed E-state index contributed by atoms with van der Waals surface area (Å²) in [6.45, 7) is 16.8. The standard InChI is InChI=1S/C59H83N3O11/c1-9-11-13-26-58(27-14-12-10-2)71-48-45-33-59(54(67)60-34-38-18-16-20-41(31-38)52(65)61-42(36-63)22-24-47(64)70-55(3,4)5)50(53(66)68-45)62(73-51(59)49(48)72-58)35-39-19-15-17-37(29-39)30-40-21-23-46-57(8,69-46)28-25-44-43(40)32-56(44,6)7/h15-20,29-31,42-46,48-51,63H,9-14,21-28,32-36H2,1-8H3,(H,60,67)(H,61,65)/t42-,43+,44+,45?,46?,48-,49-,50-,51+,57+,59?/m0/s1. The molecule has 7 fully saturated rings. The van der Waals surface area contributed by atoms with Gasteiger partial charge in [0.1, 0.15) is 35.4 Å². The first-order valence-electron chi connectivity index (χ1n) is 27.8. The minimum Gasteiger partial charge on any atom is -0.460 e. The Kier molecular flexibility index (Phi) is 15.8. The third-order valence-corrected chi connectivity index (χ3v) is 17.3. The van der Waals surface area contributed by atoms with Gasteiger partial charge in [0.05, 0.1) is 30.9 Å². The number of aliphatic hydroxyl groups is 1. The summed E-state index contributed by atoms with van der Waals surface area (Å²) in [5.41, 5.74) is 2.81. The number of rotatable bonds is 20. The molecule has 3 aliphatic carbocycles. The maximum Gasteiger partial charge on any atom is 0.327 e. The van der Waals surface area contributed by atoms with E-state index in [1.54, 1.807) is 44.0 Å². The second-order valence-corrected chi connectivity index (χ2v) is 24.4. The summed E-state index contributed by atoms with van der Waals surface area (Å²) in [6.07, 6.45) is 13.2. The van der Waals surface area contributed by atoms with E-state index in [4.69, 9.17) is 28.5 Å². The molecular weight excluding hydrogens is 927 g/mol. The van der Waals surface area contributed by atoms with E-state index in [-0.39, 0.29) is 50.5 Å². The summed E-state index contributed by atoms with van der Waals surface area (Å²) in [6, 6.07) is 13.6. The first-order valence-corrected chi connectivity index (χ1v) is 27.8. The lowest BCUT2D eigenvalue weighted by molar-refractivity contribution is -0.224. The highest BCUT2D eigenvalue weighted by Gasteiger charge is 2.76. The molecule has 2 aromatic rings. The molecular formula is C59H83N3O11. The summed E-state index contributed by atoms with van der Waals surface area (Å²) in [5, 5.41) is 17.8. The van der Waals surface area contributed by atoms with Crippen molar-refractivity contribution in [2.24, 2.45) is 22.7 Å². The van der Waals surface area contributed by atoms with Crippen LogP contribution in [-0.4, -0.2) is 100 Å². The van der Waals surface area contributed by atoms with Crippen LogP contribution >= 0.6 is 0 Å². The summed E-state index contributed by atoms with van der Waals surface area (Å²) in [5.74, 6) is -1.44. The van der Waals surface area contributed by atoms with E-state index in [1.165, 1.54) is 18.4 Å². The number of carbonyl (C=O) groups is 4. The van der Waals surface area contributed by atoms with Crippen molar-refractivity contribution >= 4 is 29.8 Å². The zero-order valence-corrected chi connectivity index (χ0v) is 44.8. The van der Waals surface area contributed by atoms with Crippen molar-refractivity contribution < 1.29 is 52.8 Å². The number of epoxide rings is 1. The van der Waals surface area contributed by atoms with E-state index < -0.39 is 71.1 Å². The highest BCUT2D eigenvalue weighted by Crippen LogP contribution is 2.61. The minimum atomic E-state index is -1.38. The van der Waals surface area contributed by atoms with Crippen LogP contribution in [0.3, 0.4) is 0 Å². The number of nitrogens with zero attached hydrogens (tertiary/aromatic N) is 1. The molecule has 7 aliphatic rings. The first kappa shape index (κ1) is 53.6. The number of ether oxygens (including phenoxy) is 5. The van der Waals surface area contributed by atoms with Crippen molar-refractivity contribution in [1.29, 1.82) is 0 Å². The van der Waals surface area contributed by atoms with Crippen molar-refractivity contribution in [2.75, 3.05) is 6.61 Å². The number of unbranched alkanes of at least 4 members (excludes halogenated alkanes) is 4. The van der Waals surface area contributed by atoms with Crippen molar-refractivity contribution in [1.82, 2.24) is 15.7 Å². The Hall–Kier alpha value is -4.18. The summed E-state index contributed by atoms with van der Waals surface area (Å²) >= 11 is 0. The Morgan fingerprint density at radius 3 is 2.36 bits per heavy atom. The van der Waals surface area contributed by atoms with Crippen LogP contribution < -0.4 is 10.6 Å². The molecule has 2 amide bonds. The molecule has 14 nitrogen and oxygen atoms in total. The quantitative estimate of drug-likeness (QED) is 0.0653. The van der Waals surface area contributed by atoms with Gasteiger partial charge in [-0.05, 0) is 125 Å². The van der Waals surface area contributed by atoms with Gasteiger partial charge < -0.3 is 39.4 Å². The second-order valence-electron chi connectivity index (χ2n) is 24.4. The molecule has 2 bridgehead atoms. The molecule has 3 N–H and O–H groups in total. The molecule has 400 valence electrons. The minimum absolute atomic E-state index is 0.0103. The number of fused-ring (bicyclic) bond motifs is 6. The fraction of sp³-hybridized carbons (Fsp3) is 0.695. The van der Waals surface area contributed by atoms with E-state index in [2.05, 4.69) is 75.6 Å². The van der Waals surface area contributed by atoms with Crippen molar-refractivity contribution in [2.45, 2.75) is 231 Å². The number of esters is 2. The number of amides is 2. The highest BCUT2D eigenvalue weighted by atomic mass is 16.8. The Labute approximate surface area is 433 Å². The topological polar surface area (TPSA) is 174 Å². The molecule has 4 aliphatic heterocycles. The molecule has 3 saturated carbocycles.